The van der Waals surface area contributed by atoms with Crippen molar-refractivity contribution in [1.29, 1.82) is 0 Å². The number of hydrogen-bond donors (Lipinski definition) is 1. The van der Waals surface area contributed by atoms with Gasteiger partial charge in [0.15, 0.2) is 0 Å². The molecule has 31 heavy (non-hydrogen) atoms. The van der Waals surface area contributed by atoms with Crippen molar-refractivity contribution >= 4 is 5.71 Å². The van der Waals surface area contributed by atoms with Crippen molar-refractivity contribution in [3.8, 4) is 0 Å². The fourth-order valence-corrected chi connectivity index (χ4v) is 9.29. The molecule has 0 heterocycles. The van der Waals surface area contributed by atoms with Gasteiger partial charge in [-0.1, -0.05) is 59.0 Å². The standard InChI is InChI=1S/C28H49NO2/c1-18(2)8-7-9-19(3)22-10-11-23-21-17-26(29-31-6)25-16-20(30)12-14-28(25,5)24(21)13-15-27(22,23)4/h18-25,30H,7-17H2,1-6H3/b29-26+/t19-,20?,21?,22?,23?,24?,25?,27?,28?/m1/s1. The summed E-state index contributed by atoms with van der Waals surface area (Å²) >= 11 is 0. The normalized spacial score (nSPS) is 47.0. The molecule has 4 aliphatic rings. The number of oxime groups is 1. The van der Waals surface area contributed by atoms with Crippen LogP contribution in [0.2, 0.25) is 0 Å². The monoisotopic (exact) mass is 431 g/mol. The molecular formula is C28H49NO2. The number of fused-ring (bicyclic) bond motifs is 5. The van der Waals surface area contributed by atoms with Crippen LogP contribution in [0.4, 0.5) is 0 Å². The van der Waals surface area contributed by atoms with Crippen LogP contribution in [0.3, 0.4) is 0 Å². The molecule has 4 saturated carbocycles. The summed E-state index contributed by atoms with van der Waals surface area (Å²) in [5, 5.41) is 15.0. The second kappa shape index (κ2) is 8.99. The van der Waals surface area contributed by atoms with E-state index in [1.165, 1.54) is 50.7 Å². The molecule has 0 aromatic rings. The Morgan fingerprint density at radius 2 is 1.71 bits per heavy atom. The molecule has 8 unspecified atom stereocenters. The van der Waals surface area contributed by atoms with Gasteiger partial charge in [0.2, 0.25) is 0 Å². The summed E-state index contributed by atoms with van der Waals surface area (Å²) in [5.41, 5.74) is 2.07. The molecule has 0 spiro atoms. The van der Waals surface area contributed by atoms with Crippen LogP contribution in [0.15, 0.2) is 5.16 Å². The highest BCUT2D eigenvalue weighted by atomic mass is 16.6. The van der Waals surface area contributed by atoms with Gasteiger partial charge in [0.25, 0.3) is 0 Å². The average molecular weight is 432 g/mol. The van der Waals surface area contributed by atoms with Gasteiger partial charge in [-0.2, -0.15) is 0 Å². The molecule has 4 rings (SSSR count). The Bertz CT molecular complexity index is 659. The van der Waals surface area contributed by atoms with E-state index in [1.807, 2.05) is 0 Å². The van der Waals surface area contributed by atoms with E-state index in [1.54, 1.807) is 7.11 Å². The SMILES string of the molecule is CO/N=C1\CC2C(CCC3(C)C2CCC3[C@H](C)CCCC(C)C)C2(C)CCC(O)CC12. The van der Waals surface area contributed by atoms with Gasteiger partial charge in [0, 0.05) is 5.92 Å². The highest BCUT2D eigenvalue weighted by molar-refractivity contribution is 5.88. The highest BCUT2D eigenvalue weighted by Crippen LogP contribution is 2.68. The Kier molecular flexibility index (Phi) is 6.84. The zero-order valence-corrected chi connectivity index (χ0v) is 21.2. The first-order chi connectivity index (χ1) is 14.7. The first kappa shape index (κ1) is 23.6. The van der Waals surface area contributed by atoms with Crippen LogP contribution < -0.4 is 0 Å². The van der Waals surface area contributed by atoms with Crippen LogP contribution in [0.25, 0.3) is 0 Å². The Balaban J connectivity index is 1.55. The van der Waals surface area contributed by atoms with E-state index in [-0.39, 0.29) is 6.10 Å². The molecule has 0 radical (unpaired) electrons. The van der Waals surface area contributed by atoms with Gasteiger partial charge in [0.1, 0.15) is 7.11 Å². The molecule has 0 aliphatic heterocycles. The molecule has 4 aliphatic carbocycles. The maximum atomic E-state index is 10.4. The van der Waals surface area contributed by atoms with Crippen LogP contribution in [0.5, 0.6) is 0 Å². The largest absolute Gasteiger partial charge is 0.399 e. The van der Waals surface area contributed by atoms with Crippen molar-refractivity contribution in [2.24, 2.45) is 57.4 Å². The molecule has 178 valence electrons. The van der Waals surface area contributed by atoms with E-state index in [9.17, 15) is 5.11 Å². The van der Waals surface area contributed by atoms with Gasteiger partial charge in [0.05, 0.1) is 11.8 Å². The summed E-state index contributed by atoms with van der Waals surface area (Å²) in [6.45, 7) is 12.5. The number of aliphatic hydroxyl groups is 1. The van der Waals surface area contributed by atoms with Crippen molar-refractivity contribution < 1.29 is 9.94 Å². The number of aliphatic hydroxyl groups excluding tert-OH is 1. The lowest BCUT2D eigenvalue weighted by atomic mass is 9.44. The Morgan fingerprint density at radius 1 is 1.00 bits per heavy atom. The molecule has 9 atom stereocenters. The molecule has 0 aromatic heterocycles. The van der Waals surface area contributed by atoms with E-state index >= 15 is 0 Å². The number of rotatable bonds is 6. The number of nitrogens with zero attached hydrogens (tertiary/aromatic N) is 1. The summed E-state index contributed by atoms with van der Waals surface area (Å²) in [6, 6.07) is 0. The van der Waals surface area contributed by atoms with Crippen molar-refractivity contribution in [2.75, 3.05) is 7.11 Å². The van der Waals surface area contributed by atoms with Gasteiger partial charge in [-0.05, 0) is 97.7 Å². The zero-order valence-electron chi connectivity index (χ0n) is 21.2. The maximum Gasteiger partial charge on any atom is 0.106 e. The highest BCUT2D eigenvalue weighted by Gasteiger charge is 2.62. The van der Waals surface area contributed by atoms with Gasteiger partial charge in [-0.15, -0.1) is 0 Å². The Labute approximate surface area is 191 Å². The first-order valence-electron chi connectivity index (χ1n) is 13.5. The summed E-state index contributed by atoms with van der Waals surface area (Å²) in [6.07, 6.45) is 13.8. The summed E-state index contributed by atoms with van der Waals surface area (Å²) in [4.78, 5) is 5.36. The average Bonchev–Trinajstić information content (AvgIpc) is 3.06. The number of hydrogen-bond acceptors (Lipinski definition) is 3. The lowest BCUT2D eigenvalue weighted by Crippen LogP contribution is -2.57. The Hall–Kier alpha value is -0.570. The predicted octanol–water partition coefficient (Wildman–Crippen LogP) is 7.08. The molecule has 0 bridgehead atoms. The van der Waals surface area contributed by atoms with Crippen molar-refractivity contribution in [2.45, 2.75) is 111 Å². The fourth-order valence-electron chi connectivity index (χ4n) is 9.29. The summed E-state index contributed by atoms with van der Waals surface area (Å²) < 4.78 is 0. The van der Waals surface area contributed by atoms with Crippen molar-refractivity contribution in [1.82, 2.24) is 0 Å². The van der Waals surface area contributed by atoms with E-state index in [0.29, 0.717) is 16.7 Å². The molecule has 4 fully saturated rings. The van der Waals surface area contributed by atoms with Gasteiger partial charge in [-0.3, -0.25) is 0 Å². The van der Waals surface area contributed by atoms with E-state index in [0.717, 1.165) is 61.2 Å². The van der Waals surface area contributed by atoms with Crippen LogP contribution in [-0.2, 0) is 4.84 Å². The third-order valence-electron chi connectivity index (χ3n) is 10.9. The second-order valence-electron chi connectivity index (χ2n) is 12.9. The predicted molar refractivity (Wildman–Crippen MR) is 129 cm³/mol. The van der Waals surface area contributed by atoms with E-state index < -0.39 is 0 Å². The van der Waals surface area contributed by atoms with Gasteiger partial charge < -0.3 is 9.94 Å². The minimum absolute atomic E-state index is 0.159. The molecular weight excluding hydrogens is 382 g/mol. The van der Waals surface area contributed by atoms with E-state index in [2.05, 4.69) is 39.8 Å². The zero-order chi connectivity index (χ0) is 22.4. The minimum atomic E-state index is -0.159. The molecule has 3 nitrogen and oxygen atoms in total. The van der Waals surface area contributed by atoms with Crippen LogP contribution in [0, 0.1) is 52.3 Å². The third kappa shape index (κ3) is 4.11. The molecule has 3 heteroatoms. The topological polar surface area (TPSA) is 41.8 Å². The lowest BCUT2D eigenvalue weighted by molar-refractivity contribution is -0.0949. The fraction of sp³-hybridized carbons (Fsp3) is 0.964. The molecule has 1 N–H and O–H groups in total. The van der Waals surface area contributed by atoms with Crippen LogP contribution >= 0.6 is 0 Å². The van der Waals surface area contributed by atoms with Gasteiger partial charge in [-0.25, -0.2) is 0 Å². The quantitative estimate of drug-likeness (QED) is 0.456. The lowest BCUT2D eigenvalue weighted by Gasteiger charge is -2.61. The Morgan fingerprint density at radius 3 is 2.42 bits per heavy atom. The molecule has 0 amide bonds. The van der Waals surface area contributed by atoms with Crippen molar-refractivity contribution in [3.05, 3.63) is 0 Å². The van der Waals surface area contributed by atoms with Crippen LogP contribution in [-0.4, -0.2) is 24.0 Å². The van der Waals surface area contributed by atoms with Gasteiger partial charge >= 0.3 is 0 Å². The summed E-state index contributed by atoms with van der Waals surface area (Å²) in [7, 11) is 1.70. The smallest absolute Gasteiger partial charge is 0.106 e. The molecule has 0 aromatic carbocycles. The molecule has 0 saturated heterocycles. The second-order valence-corrected chi connectivity index (χ2v) is 12.9. The van der Waals surface area contributed by atoms with E-state index in [4.69, 9.17) is 4.84 Å². The van der Waals surface area contributed by atoms with Crippen LogP contribution in [0.1, 0.15) is 105 Å². The third-order valence-corrected chi connectivity index (χ3v) is 10.9. The first-order valence-corrected chi connectivity index (χ1v) is 13.5. The summed E-state index contributed by atoms with van der Waals surface area (Å²) in [5.74, 6) is 5.40. The maximum absolute atomic E-state index is 10.4. The van der Waals surface area contributed by atoms with Crippen molar-refractivity contribution in [3.63, 3.8) is 0 Å². The minimum Gasteiger partial charge on any atom is -0.399 e.